The van der Waals surface area contributed by atoms with Crippen LogP contribution in [0.4, 0.5) is 5.69 Å². The molecule has 0 radical (unpaired) electrons. The molecule has 0 spiro atoms. The molecule has 1 aliphatic rings. The second kappa shape index (κ2) is 5.66. The fourth-order valence-corrected chi connectivity index (χ4v) is 4.96. The predicted octanol–water partition coefficient (Wildman–Crippen LogP) is 3.34. The largest absolute Gasteiger partial charge is 0.398 e. The first-order chi connectivity index (χ1) is 9.23. The van der Waals surface area contributed by atoms with Gasteiger partial charge in [0, 0.05) is 15.7 Å². The van der Waals surface area contributed by atoms with Gasteiger partial charge in [-0.1, -0.05) is 19.3 Å². The van der Waals surface area contributed by atoms with Crippen LogP contribution in [0.25, 0.3) is 0 Å². The van der Waals surface area contributed by atoms with Crippen LogP contribution in [0, 0.1) is 6.92 Å². The lowest BCUT2D eigenvalue weighted by Gasteiger charge is -2.34. The number of rotatable bonds is 3. The monoisotopic (exact) mass is 360 g/mol. The number of nitrogens with one attached hydrogen (secondary N) is 1. The predicted molar refractivity (Wildman–Crippen MR) is 85.1 cm³/mol. The first-order valence-corrected chi connectivity index (χ1v) is 9.11. The summed E-state index contributed by atoms with van der Waals surface area (Å²) in [6.07, 6.45) is 5.09. The molecule has 20 heavy (non-hydrogen) atoms. The van der Waals surface area contributed by atoms with Gasteiger partial charge in [0.2, 0.25) is 10.0 Å². The molecule has 4 nitrogen and oxygen atoms in total. The SMILES string of the molecule is Cc1cc(Br)c(N)cc1S(=O)(=O)NC1(C)CCCCC1. The van der Waals surface area contributed by atoms with Gasteiger partial charge in [-0.05, 0) is 60.3 Å². The number of benzene rings is 1. The van der Waals surface area contributed by atoms with Gasteiger partial charge >= 0.3 is 0 Å². The van der Waals surface area contributed by atoms with E-state index in [1.165, 1.54) is 12.5 Å². The maximum Gasteiger partial charge on any atom is 0.241 e. The summed E-state index contributed by atoms with van der Waals surface area (Å²) in [7, 11) is -3.54. The number of sulfonamides is 1. The van der Waals surface area contributed by atoms with Crippen molar-refractivity contribution in [2.24, 2.45) is 0 Å². The van der Waals surface area contributed by atoms with Crippen molar-refractivity contribution in [1.29, 1.82) is 0 Å². The lowest BCUT2D eigenvalue weighted by atomic mass is 9.84. The van der Waals surface area contributed by atoms with Gasteiger partial charge in [-0.15, -0.1) is 0 Å². The fourth-order valence-electron chi connectivity index (χ4n) is 2.77. The van der Waals surface area contributed by atoms with Gasteiger partial charge in [0.25, 0.3) is 0 Å². The van der Waals surface area contributed by atoms with Crippen molar-refractivity contribution in [3.05, 3.63) is 22.2 Å². The zero-order valence-corrected chi connectivity index (χ0v) is 14.3. The number of halogens is 1. The van der Waals surface area contributed by atoms with Crippen LogP contribution >= 0.6 is 15.9 Å². The Morgan fingerprint density at radius 1 is 1.25 bits per heavy atom. The van der Waals surface area contributed by atoms with Gasteiger partial charge in [0.1, 0.15) is 0 Å². The van der Waals surface area contributed by atoms with Crippen molar-refractivity contribution < 1.29 is 8.42 Å². The molecule has 0 aliphatic heterocycles. The summed E-state index contributed by atoms with van der Waals surface area (Å²) in [6.45, 7) is 3.77. The van der Waals surface area contributed by atoms with E-state index in [2.05, 4.69) is 20.7 Å². The molecular weight excluding hydrogens is 340 g/mol. The van der Waals surface area contributed by atoms with E-state index in [1.807, 2.05) is 6.92 Å². The second-order valence-electron chi connectivity index (χ2n) is 5.87. The van der Waals surface area contributed by atoms with Gasteiger partial charge in [-0.2, -0.15) is 0 Å². The Hall–Kier alpha value is -0.590. The highest BCUT2D eigenvalue weighted by Gasteiger charge is 2.32. The molecular formula is C14H21BrN2O2S. The summed E-state index contributed by atoms with van der Waals surface area (Å²) in [5.74, 6) is 0. The molecule has 1 aliphatic carbocycles. The van der Waals surface area contributed by atoms with Crippen molar-refractivity contribution in [2.45, 2.75) is 56.4 Å². The maximum atomic E-state index is 12.6. The van der Waals surface area contributed by atoms with Gasteiger partial charge < -0.3 is 5.73 Å². The Balaban J connectivity index is 2.33. The van der Waals surface area contributed by atoms with Gasteiger partial charge in [-0.3, -0.25) is 0 Å². The molecule has 6 heteroatoms. The van der Waals surface area contributed by atoms with E-state index in [4.69, 9.17) is 5.73 Å². The smallest absolute Gasteiger partial charge is 0.241 e. The molecule has 1 saturated carbocycles. The van der Waals surface area contributed by atoms with Crippen molar-refractivity contribution in [3.8, 4) is 0 Å². The van der Waals surface area contributed by atoms with Crippen LogP contribution in [0.2, 0.25) is 0 Å². The quantitative estimate of drug-likeness (QED) is 0.811. The normalized spacial score (nSPS) is 18.9. The fraction of sp³-hybridized carbons (Fsp3) is 0.571. The van der Waals surface area contributed by atoms with Crippen LogP contribution in [0.3, 0.4) is 0 Å². The molecule has 0 heterocycles. The third-order valence-corrected chi connectivity index (χ3v) is 6.39. The Morgan fingerprint density at radius 2 is 1.85 bits per heavy atom. The Morgan fingerprint density at radius 3 is 2.45 bits per heavy atom. The van der Waals surface area contributed by atoms with E-state index in [1.54, 1.807) is 13.0 Å². The molecule has 0 saturated heterocycles. The number of aryl methyl sites for hydroxylation is 1. The number of nitrogens with two attached hydrogens (primary N) is 1. The van der Waals surface area contributed by atoms with Crippen LogP contribution in [0.1, 0.15) is 44.6 Å². The third-order valence-electron chi connectivity index (χ3n) is 3.92. The number of nitrogen functional groups attached to an aromatic ring is 1. The highest BCUT2D eigenvalue weighted by molar-refractivity contribution is 9.10. The molecule has 112 valence electrons. The molecule has 1 aromatic carbocycles. The summed E-state index contributed by atoms with van der Waals surface area (Å²) >= 11 is 3.32. The second-order valence-corrected chi connectivity index (χ2v) is 8.37. The summed E-state index contributed by atoms with van der Waals surface area (Å²) in [5.41, 5.74) is 6.60. The molecule has 1 aromatic rings. The Bertz CT molecular complexity index is 608. The maximum absolute atomic E-state index is 12.6. The molecule has 0 bridgehead atoms. The Labute approximate surface area is 129 Å². The zero-order chi connectivity index (χ0) is 15.0. The van der Waals surface area contributed by atoms with Crippen molar-refractivity contribution in [2.75, 3.05) is 5.73 Å². The van der Waals surface area contributed by atoms with Crippen molar-refractivity contribution in [1.82, 2.24) is 4.72 Å². The summed E-state index contributed by atoms with van der Waals surface area (Å²) in [6, 6.07) is 3.26. The van der Waals surface area contributed by atoms with E-state index in [0.717, 1.165) is 30.2 Å². The van der Waals surface area contributed by atoms with E-state index in [9.17, 15) is 8.42 Å². The highest BCUT2D eigenvalue weighted by atomic mass is 79.9. The summed E-state index contributed by atoms with van der Waals surface area (Å²) in [4.78, 5) is 0.269. The molecule has 3 N–H and O–H groups in total. The minimum Gasteiger partial charge on any atom is -0.398 e. The van der Waals surface area contributed by atoms with E-state index < -0.39 is 10.0 Å². The average molecular weight is 361 g/mol. The molecule has 0 unspecified atom stereocenters. The lowest BCUT2D eigenvalue weighted by Crippen LogP contribution is -2.47. The lowest BCUT2D eigenvalue weighted by molar-refractivity contribution is 0.294. The van der Waals surface area contributed by atoms with E-state index in [0.29, 0.717) is 11.3 Å². The van der Waals surface area contributed by atoms with Crippen molar-refractivity contribution in [3.63, 3.8) is 0 Å². The van der Waals surface area contributed by atoms with E-state index in [-0.39, 0.29) is 10.4 Å². The number of hydrogen-bond acceptors (Lipinski definition) is 3. The summed E-state index contributed by atoms with van der Waals surface area (Å²) in [5, 5.41) is 0. The van der Waals surface area contributed by atoms with Gasteiger partial charge in [0.05, 0.1) is 4.90 Å². The van der Waals surface area contributed by atoms with Crippen LogP contribution in [0.15, 0.2) is 21.5 Å². The first kappa shape index (κ1) is 15.8. The molecule has 2 rings (SSSR count). The summed E-state index contributed by atoms with van der Waals surface area (Å²) < 4.78 is 28.8. The Kier molecular flexibility index (Phi) is 4.47. The van der Waals surface area contributed by atoms with Gasteiger partial charge in [-0.25, -0.2) is 13.1 Å². The first-order valence-electron chi connectivity index (χ1n) is 6.83. The van der Waals surface area contributed by atoms with Gasteiger partial charge in [0.15, 0.2) is 0 Å². The van der Waals surface area contributed by atoms with E-state index >= 15 is 0 Å². The highest BCUT2D eigenvalue weighted by Crippen LogP contribution is 2.31. The number of anilines is 1. The minimum atomic E-state index is -3.54. The van der Waals surface area contributed by atoms with Crippen LogP contribution in [0.5, 0.6) is 0 Å². The van der Waals surface area contributed by atoms with Crippen LogP contribution in [-0.4, -0.2) is 14.0 Å². The third kappa shape index (κ3) is 3.35. The molecule has 0 amide bonds. The number of hydrogen-bond donors (Lipinski definition) is 2. The molecule has 1 fully saturated rings. The molecule has 0 aromatic heterocycles. The minimum absolute atomic E-state index is 0.269. The average Bonchev–Trinajstić information content (AvgIpc) is 2.33. The van der Waals surface area contributed by atoms with Crippen LogP contribution in [-0.2, 0) is 10.0 Å². The molecule has 0 atom stereocenters. The topological polar surface area (TPSA) is 72.2 Å². The standard InChI is InChI=1S/C14H21BrN2O2S/c1-10-8-11(15)12(16)9-13(10)20(18,19)17-14(2)6-4-3-5-7-14/h8-9,17H,3-7,16H2,1-2H3. The zero-order valence-electron chi connectivity index (χ0n) is 11.9. The van der Waals surface area contributed by atoms with Crippen LogP contribution < -0.4 is 10.5 Å². The van der Waals surface area contributed by atoms with Crippen molar-refractivity contribution >= 4 is 31.6 Å².